The van der Waals surface area contributed by atoms with E-state index in [9.17, 15) is 0 Å². The molecule has 1 atom stereocenters. The second-order valence-corrected chi connectivity index (χ2v) is 5.96. The van der Waals surface area contributed by atoms with Gasteiger partial charge in [-0.3, -0.25) is 0 Å². The van der Waals surface area contributed by atoms with E-state index in [1.807, 2.05) is 36.0 Å². The number of thioether (sulfide) groups is 1. The molecule has 0 fully saturated rings. The summed E-state index contributed by atoms with van der Waals surface area (Å²) in [5.74, 6) is 4.07. The molecule has 0 aliphatic rings. The van der Waals surface area contributed by atoms with Crippen molar-refractivity contribution in [1.29, 1.82) is 0 Å². The van der Waals surface area contributed by atoms with Gasteiger partial charge in [-0.1, -0.05) is 36.2 Å². The van der Waals surface area contributed by atoms with Crippen LogP contribution in [0.3, 0.4) is 0 Å². The van der Waals surface area contributed by atoms with Crippen molar-refractivity contribution >= 4 is 27.7 Å². The maximum atomic E-state index is 5.63. The van der Waals surface area contributed by atoms with Crippen LogP contribution in [0.4, 0.5) is 0 Å². The Morgan fingerprint density at radius 1 is 1.31 bits per heavy atom. The molecule has 3 heteroatoms. The molecule has 0 amide bonds. The molecule has 0 heterocycles. The molecule has 1 aromatic rings. The van der Waals surface area contributed by atoms with E-state index in [2.05, 4.69) is 29.8 Å². The first-order valence-electron chi connectivity index (χ1n) is 5.68. The van der Waals surface area contributed by atoms with E-state index in [-0.39, 0.29) is 0 Å². The molecule has 1 unspecified atom stereocenters. The molecule has 0 aromatic heterocycles. The van der Waals surface area contributed by atoms with Gasteiger partial charge in [0.1, 0.15) is 5.75 Å². The molecule has 0 saturated carbocycles. The van der Waals surface area contributed by atoms with Crippen molar-refractivity contribution in [3.63, 3.8) is 0 Å². The molecule has 0 aliphatic heterocycles. The first-order valence-corrected chi connectivity index (χ1v) is 7.63. The van der Waals surface area contributed by atoms with E-state index in [4.69, 9.17) is 4.74 Å². The van der Waals surface area contributed by atoms with Crippen LogP contribution in [0.25, 0.3) is 0 Å². The molecule has 1 nitrogen and oxygen atoms in total. The third kappa shape index (κ3) is 5.80. The molecule has 1 aromatic carbocycles. The second-order valence-electron chi connectivity index (χ2n) is 3.89. The summed E-state index contributed by atoms with van der Waals surface area (Å²) < 4.78 is 6.72. The highest BCUT2D eigenvalue weighted by Gasteiger charge is 1.99. The van der Waals surface area contributed by atoms with E-state index in [1.54, 1.807) is 0 Å². The SMILES string of the molecule is CCC(C)CSCCOc1ccc(Br)cc1. The quantitative estimate of drug-likeness (QED) is 0.680. The maximum absolute atomic E-state index is 5.63. The van der Waals surface area contributed by atoms with Crippen LogP contribution in [0.15, 0.2) is 28.7 Å². The first kappa shape index (κ1) is 13.9. The van der Waals surface area contributed by atoms with E-state index in [0.29, 0.717) is 0 Å². The van der Waals surface area contributed by atoms with Gasteiger partial charge < -0.3 is 4.74 Å². The Labute approximate surface area is 111 Å². The van der Waals surface area contributed by atoms with Crippen LogP contribution in [-0.2, 0) is 0 Å². The van der Waals surface area contributed by atoms with Crippen LogP contribution >= 0.6 is 27.7 Å². The number of rotatable bonds is 7. The Kier molecular flexibility index (Phi) is 6.97. The van der Waals surface area contributed by atoms with Gasteiger partial charge in [-0.2, -0.15) is 11.8 Å². The van der Waals surface area contributed by atoms with Gasteiger partial charge in [-0.25, -0.2) is 0 Å². The van der Waals surface area contributed by atoms with Crippen LogP contribution in [0.1, 0.15) is 20.3 Å². The van der Waals surface area contributed by atoms with Gasteiger partial charge in [-0.15, -0.1) is 0 Å². The van der Waals surface area contributed by atoms with Crippen LogP contribution in [0.5, 0.6) is 5.75 Å². The van der Waals surface area contributed by atoms with Gasteiger partial charge in [0.05, 0.1) is 6.61 Å². The Morgan fingerprint density at radius 3 is 2.62 bits per heavy atom. The van der Waals surface area contributed by atoms with Gasteiger partial charge in [-0.05, 0) is 35.9 Å². The normalized spacial score (nSPS) is 12.4. The molecule has 0 saturated heterocycles. The lowest BCUT2D eigenvalue weighted by Crippen LogP contribution is -2.03. The number of ether oxygens (including phenoxy) is 1. The van der Waals surface area contributed by atoms with Gasteiger partial charge >= 0.3 is 0 Å². The van der Waals surface area contributed by atoms with Gasteiger partial charge in [0.25, 0.3) is 0 Å². The summed E-state index contributed by atoms with van der Waals surface area (Å²) in [5.41, 5.74) is 0. The summed E-state index contributed by atoms with van der Waals surface area (Å²) in [4.78, 5) is 0. The molecule has 1 rings (SSSR count). The largest absolute Gasteiger partial charge is 0.493 e. The summed E-state index contributed by atoms with van der Waals surface area (Å²) in [6, 6.07) is 7.98. The Balaban J connectivity index is 2.09. The Bertz CT molecular complexity index is 286. The van der Waals surface area contributed by atoms with Crippen molar-refractivity contribution in [3.8, 4) is 5.75 Å². The number of hydrogen-bond donors (Lipinski definition) is 0. The lowest BCUT2D eigenvalue weighted by atomic mass is 10.2. The molecular weight excluding hydrogens is 284 g/mol. The van der Waals surface area contributed by atoms with Gasteiger partial charge in [0, 0.05) is 10.2 Å². The van der Waals surface area contributed by atoms with E-state index in [1.165, 1.54) is 12.2 Å². The molecule has 0 N–H and O–H groups in total. The third-order valence-corrected chi connectivity index (χ3v) is 4.20. The van der Waals surface area contributed by atoms with Gasteiger partial charge in [0.2, 0.25) is 0 Å². The average molecular weight is 303 g/mol. The fourth-order valence-electron chi connectivity index (χ4n) is 1.15. The van der Waals surface area contributed by atoms with E-state index in [0.717, 1.165) is 28.5 Å². The van der Waals surface area contributed by atoms with E-state index < -0.39 is 0 Å². The van der Waals surface area contributed by atoms with Crippen molar-refractivity contribution in [3.05, 3.63) is 28.7 Å². The number of benzene rings is 1. The number of hydrogen-bond acceptors (Lipinski definition) is 2. The Morgan fingerprint density at radius 2 is 2.00 bits per heavy atom. The predicted octanol–water partition coefficient (Wildman–Crippen LogP) is 4.61. The minimum absolute atomic E-state index is 0.794. The molecular formula is C13H19BrOS. The van der Waals surface area contributed by atoms with Crippen LogP contribution in [-0.4, -0.2) is 18.1 Å². The highest BCUT2D eigenvalue weighted by molar-refractivity contribution is 9.10. The predicted molar refractivity (Wildman–Crippen MR) is 76.4 cm³/mol. The third-order valence-electron chi connectivity index (χ3n) is 2.41. The maximum Gasteiger partial charge on any atom is 0.119 e. The van der Waals surface area contributed by atoms with Crippen molar-refractivity contribution in [2.45, 2.75) is 20.3 Å². The molecule has 0 radical (unpaired) electrons. The van der Waals surface area contributed by atoms with Gasteiger partial charge in [0.15, 0.2) is 0 Å². The highest BCUT2D eigenvalue weighted by Crippen LogP contribution is 2.17. The molecule has 0 spiro atoms. The summed E-state index contributed by atoms with van der Waals surface area (Å²) >= 11 is 5.38. The molecule has 16 heavy (non-hydrogen) atoms. The minimum atomic E-state index is 0.794. The molecule has 0 aliphatic carbocycles. The zero-order chi connectivity index (χ0) is 11.8. The highest BCUT2D eigenvalue weighted by atomic mass is 79.9. The standard InChI is InChI=1S/C13H19BrOS/c1-3-11(2)10-16-9-8-15-13-6-4-12(14)5-7-13/h4-7,11H,3,8-10H2,1-2H3. The fourth-order valence-corrected chi connectivity index (χ4v) is 2.42. The Hall–Kier alpha value is -0.150. The summed E-state index contributed by atoms with van der Waals surface area (Å²) in [6.45, 7) is 5.33. The van der Waals surface area contributed by atoms with Crippen LogP contribution < -0.4 is 4.74 Å². The minimum Gasteiger partial charge on any atom is -0.493 e. The van der Waals surface area contributed by atoms with Crippen molar-refractivity contribution < 1.29 is 4.74 Å². The van der Waals surface area contributed by atoms with E-state index >= 15 is 0 Å². The fraction of sp³-hybridized carbons (Fsp3) is 0.538. The summed E-state index contributed by atoms with van der Waals surface area (Å²) in [6.07, 6.45) is 1.26. The molecule has 0 bridgehead atoms. The van der Waals surface area contributed by atoms with Crippen molar-refractivity contribution in [2.75, 3.05) is 18.1 Å². The number of halogens is 1. The smallest absolute Gasteiger partial charge is 0.119 e. The monoisotopic (exact) mass is 302 g/mol. The van der Waals surface area contributed by atoms with Crippen LogP contribution in [0, 0.1) is 5.92 Å². The van der Waals surface area contributed by atoms with Crippen LogP contribution in [0.2, 0.25) is 0 Å². The summed E-state index contributed by atoms with van der Waals surface area (Å²) in [5, 5.41) is 0. The zero-order valence-electron chi connectivity index (χ0n) is 9.91. The van der Waals surface area contributed by atoms with Crippen molar-refractivity contribution in [1.82, 2.24) is 0 Å². The van der Waals surface area contributed by atoms with Crippen molar-refractivity contribution in [2.24, 2.45) is 5.92 Å². The molecule has 90 valence electrons. The first-order chi connectivity index (χ1) is 7.72. The zero-order valence-corrected chi connectivity index (χ0v) is 12.3. The second kappa shape index (κ2) is 8.02. The summed E-state index contributed by atoms with van der Waals surface area (Å²) in [7, 11) is 0. The topological polar surface area (TPSA) is 9.23 Å². The average Bonchev–Trinajstić information content (AvgIpc) is 2.31. The lowest BCUT2D eigenvalue weighted by Gasteiger charge is -2.08. The lowest BCUT2D eigenvalue weighted by molar-refractivity contribution is 0.344.